The molecule has 0 aliphatic carbocycles. The number of benzene rings is 2. The third-order valence-electron chi connectivity index (χ3n) is 3.35. The maximum atomic E-state index is 6.01. The van der Waals surface area contributed by atoms with Crippen LogP contribution in [0.5, 0.6) is 11.5 Å². The molecule has 21 heavy (non-hydrogen) atoms. The normalized spacial score (nSPS) is 12.8. The summed E-state index contributed by atoms with van der Waals surface area (Å²) in [6.07, 6.45) is 1.80. The standard InChI is InChI=1S/C16H12N2O2S/c17-12-3-1-2-4-15(12)21-16-11-8-14-13(19-9-20-14)7-10(11)5-6-18-16/h1-8H,9,17H2. The SMILES string of the molecule is Nc1ccccc1Sc1nccc2cc3c(cc12)OCO3. The Labute approximate surface area is 125 Å². The van der Waals surface area contributed by atoms with Gasteiger partial charge in [0.1, 0.15) is 5.03 Å². The Kier molecular flexibility index (Phi) is 2.86. The Balaban J connectivity index is 1.84. The first-order valence-corrected chi connectivity index (χ1v) is 7.33. The maximum Gasteiger partial charge on any atom is 0.231 e. The van der Waals surface area contributed by atoms with E-state index in [-0.39, 0.29) is 6.79 Å². The number of hydrogen-bond donors (Lipinski definition) is 1. The van der Waals surface area contributed by atoms with Gasteiger partial charge in [-0.15, -0.1) is 0 Å². The van der Waals surface area contributed by atoms with Gasteiger partial charge in [0.2, 0.25) is 6.79 Å². The fourth-order valence-corrected chi connectivity index (χ4v) is 3.24. The Hall–Kier alpha value is -2.40. The van der Waals surface area contributed by atoms with E-state index in [2.05, 4.69) is 4.98 Å². The lowest BCUT2D eigenvalue weighted by Crippen LogP contribution is -1.92. The van der Waals surface area contributed by atoms with Gasteiger partial charge in [0.15, 0.2) is 11.5 Å². The van der Waals surface area contributed by atoms with Gasteiger partial charge in [-0.25, -0.2) is 4.98 Å². The quantitative estimate of drug-likeness (QED) is 0.731. The van der Waals surface area contributed by atoms with Gasteiger partial charge >= 0.3 is 0 Å². The monoisotopic (exact) mass is 296 g/mol. The van der Waals surface area contributed by atoms with Crippen LogP contribution in [0.2, 0.25) is 0 Å². The highest BCUT2D eigenvalue weighted by Crippen LogP contribution is 2.40. The summed E-state index contributed by atoms with van der Waals surface area (Å²) in [6.45, 7) is 0.271. The number of fused-ring (bicyclic) bond motifs is 2. The van der Waals surface area contributed by atoms with Gasteiger partial charge in [-0.2, -0.15) is 0 Å². The molecule has 1 aliphatic rings. The average molecular weight is 296 g/mol. The van der Waals surface area contributed by atoms with Gasteiger partial charge in [0, 0.05) is 22.2 Å². The lowest BCUT2D eigenvalue weighted by Gasteiger charge is -2.08. The molecular formula is C16H12N2O2S. The minimum Gasteiger partial charge on any atom is -0.454 e. The number of nitrogen functional groups attached to an aromatic ring is 1. The van der Waals surface area contributed by atoms with E-state index < -0.39 is 0 Å². The van der Waals surface area contributed by atoms with E-state index in [0.29, 0.717) is 0 Å². The Bertz CT molecular complexity index is 836. The predicted octanol–water partition coefficient (Wildman–Crippen LogP) is 3.70. The topological polar surface area (TPSA) is 57.4 Å². The van der Waals surface area contributed by atoms with Crippen molar-refractivity contribution in [2.24, 2.45) is 0 Å². The number of aromatic nitrogens is 1. The Morgan fingerprint density at radius 3 is 2.71 bits per heavy atom. The fourth-order valence-electron chi connectivity index (χ4n) is 2.29. The molecule has 1 aliphatic heterocycles. The summed E-state index contributed by atoms with van der Waals surface area (Å²) < 4.78 is 10.9. The smallest absolute Gasteiger partial charge is 0.231 e. The molecule has 104 valence electrons. The molecule has 2 aromatic carbocycles. The van der Waals surface area contributed by atoms with E-state index in [0.717, 1.165) is 37.9 Å². The van der Waals surface area contributed by atoms with Crippen molar-refractivity contribution in [1.29, 1.82) is 0 Å². The van der Waals surface area contributed by atoms with Gasteiger partial charge in [0.25, 0.3) is 0 Å². The van der Waals surface area contributed by atoms with Crippen LogP contribution in [0.3, 0.4) is 0 Å². The van der Waals surface area contributed by atoms with Gasteiger partial charge in [-0.1, -0.05) is 23.9 Å². The highest BCUT2D eigenvalue weighted by atomic mass is 32.2. The lowest BCUT2D eigenvalue weighted by atomic mass is 10.1. The molecule has 0 amide bonds. The molecule has 0 saturated carbocycles. The number of rotatable bonds is 2. The molecule has 0 spiro atoms. The minimum atomic E-state index is 0.271. The Morgan fingerprint density at radius 1 is 1.05 bits per heavy atom. The van der Waals surface area contributed by atoms with Gasteiger partial charge in [-0.3, -0.25) is 0 Å². The molecule has 0 saturated heterocycles. The first-order valence-electron chi connectivity index (χ1n) is 6.52. The minimum absolute atomic E-state index is 0.271. The van der Waals surface area contributed by atoms with Crippen LogP contribution in [0.15, 0.2) is 58.6 Å². The molecule has 5 heteroatoms. The van der Waals surface area contributed by atoms with E-state index in [1.165, 1.54) is 0 Å². The second-order valence-corrected chi connectivity index (χ2v) is 5.71. The van der Waals surface area contributed by atoms with E-state index in [4.69, 9.17) is 15.2 Å². The summed E-state index contributed by atoms with van der Waals surface area (Å²) in [5.74, 6) is 1.54. The molecule has 1 aromatic heterocycles. The zero-order chi connectivity index (χ0) is 14.2. The molecule has 0 radical (unpaired) electrons. The third kappa shape index (κ3) is 2.15. The van der Waals surface area contributed by atoms with Crippen molar-refractivity contribution in [3.8, 4) is 11.5 Å². The lowest BCUT2D eigenvalue weighted by molar-refractivity contribution is 0.174. The summed E-state index contributed by atoms with van der Waals surface area (Å²) in [5, 5.41) is 3.02. The van der Waals surface area contributed by atoms with Crippen LogP contribution in [0.4, 0.5) is 5.69 Å². The number of hydrogen-bond acceptors (Lipinski definition) is 5. The zero-order valence-corrected chi connectivity index (χ0v) is 11.9. The van der Waals surface area contributed by atoms with Crippen molar-refractivity contribution in [3.63, 3.8) is 0 Å². The zero-order valence-electron chi connectivity index (χ0n) is 11.1. The number of nitrogens with two attached hydrogens (primary N) is 1. The van der Waals surface area contributed by atoms with Crippen molar-refractivity contribution in [3.05, 3.63) is 48.7 Å². The van der Waals surface area contributed by atoms with Crippen LogP contribution in [0.1, 0.15) is 0 Å². The number of pyridine rings is 1. The summed E-state index contributed by atoms with van der Waals surface area (Å²) in [6, 6.07) is 13.7. The summed E-state index contributed by atoms with van der Waals surface area (Å²) >= 11 is 1.56. The molecule has 0 bridgehead atoms. The number of nitrogens with zero attached hydrogens (tertiary/aromatic N) is 1. The number of ether oxygens (including phenoxy) is 2. The third-order valence-corrected chi connectivity index (χ3v) is 4.46. The second-order valence-electron chi connectivity index (χ2n) is 4.68. The molecule has 0 atom stereocenters. The molecular weight excluding hydrogens is 284 g/mol. The van der Waals surface area contributed by atoms with Gasteiger partial charge in [0.05, 0.1) is 0 Å². The van der Waals surface area contributed by atoms with Crippen LogP contribution in [-0.2, 0) is 0 Å². The van der Waals surface area contributed by atoms with Crippen LogP contribution in [0.25, 0.3) is 10.8 Å². The van der Waals surface area contributed by atoms with Gasteiger partial charge < -0.3 is 15.2 Å². The van der Waals surface area contributed by atoms with Crippen molar-refractivity contribution in [1.82, 2.24) is 4.98 Å². The first-order chi connectivity index (χ1) is 10.3. The van der Waals surface area contributed by atoms with Crippen molar-refractivity contribution in [2.75, 3.05) is 12.5 Å². The molecule has 3 aromatic rings. The average Bonchev–Trinajstić information content (AvgIpc) is 2.95. The Morgan fingerprint density at radius 2 is 1.86 bits per heavy atom. The highest BCUT2D eigenvalue weighted by molar-refractivity contribution is 7.99. The van der Waals surface area contributed by atoms with Crippen LogP contribution >= 0.6 is 11.8 Å². The van der Waals surface area contributed by atoms with Crippen LogP contribution in [-0.4, -0.2) is 11.8 Å². The summed E-state index contributed by atoms with van der Waals surface area (Å²) in [4.78, 5) is 5.48. The summed E-state index contributed by atoms with van der Waals surface area (Å²) in [7, 11) is 0. The second kappa shape index (κ2) is 4.86. The largest absolute Gasteiger partial charge is 0.454 e. The van der Waals surface area contributed by atoms with Crippen LogP contribution < -0.4 is 15.2 Å². The summed E-state index contributed by atoms with van der Waals surface area (Å²) in [5.41, 5.74) is 6.76. The first kappa shape index (κ1) is 12.3. The molecule has 2 N–H and O–H groups in total. The maximum absolute atomic E-state index is 6.01. The number of para-hydroxylation sites is 1. The molecule has 4 rings (SSSR count). The van der Waals surface area contributed by atoms with E-state index in [9.17, 15) is 0 Å². The highest BCUT2D eigenvalue weighted by Gasteiger charge is 2.16. The van der Waals surface area contributed by atoms with E-state index >= 15 is 0 Å². The van der Waals surface area contributed by atoms with Crippen molar-refractivity contribution < 1.29 is 9.47 Å². The molecule has 4 nitrogen and oxygen atoms in total. The van der Waals surface area contributed by atoms with Gasteiger partial charge in [-0.05, 0) is 35.7 Å². The molecule has 0 unspecified atom stereocenters. The predicted molar refractivity (Wildman–Crippen MR) is 82.8 cm³/mol. The van der Waals surface area contributed by atoms with Crippen LogP contribution in [0, 0.1) is 0 Å². The molecule has 0 fully saturated rings. The van der Waals surface area contributed by atoms with E-state index in [1.54, 1.807) is 18.0 Å². The van der Waals surface area contributed by atoms with Crippen molar-refractivity contribution >= 4 is 28.2 Å². The molecule has 2 heterocycles. The fraction of sp³-hybridized carbons (Fsp3) is 0.0625. The van der Waals surface area contributed by atoms with Crippen molar-refractivity contribution in [2.45, 2.75) is 9.92 Å². The number of anilines is 1. The van der Waals surface area contributed by atoms with E-state index in [1.807, 2.05) is 42.5 Å².